The van der Waals surface area contributed by atoms with Gasteiger partial charge < -0.3 is 14.6 Å². The first-order chi connectivity index (χ1) is 17.2. The van der Waals surface area contributed by atoms with Gasteiger partial charge in [0, 0.05) is 11.3 Å². The largest absolute Gasteiger partial charge is 0.507 e. The van der Waals surface area contributed by atoms with Crippen LogP contribution in [0.3, 0.4) is 0 Å². The standard InChI is InChI=1S/C30H31NO5/c1-17(2)24-16-21(10-11-25(24)36-6)28(32)26-27(20-8-7-9-23(15-20)35-5)31(30(34)29(26)33)22-13-18(3)12-19(4)14-22/h7-17,27,32H,1-6H3/b28-26-. The molecule has 1 amide bonds. The van der Waals surface area contributed by atoms with Crippen molar-refractivity contribution in [1.82, 2.24) is 0 Å². The first-order valence-electron chi connectivity index (χ1n) is 11.9. The molecule has 1 heterocycles. The summed E-state index contributed by atoms with van der Waals surface area (Å²) in [6, 6.07) is 17.4. The maximum Gasteiger partial charge on any atom is 0.300 e. The highest BCUT2D eigenvalue weighted by molar-refractivity contribution is 6.51. The smallest absolute Gasteiger partial charge is 0.300 e. The molecule has 3 aromatic carbocycles. The lowest BCUT2D eigenvalue weighted by atomic mass is 9.93. The molecule has 0 aromatic heterocycles. The lowest BCUT2D eigenvalue weighted by Crippen LogP contribution is -2.29. The van der Waals surface area contributed by atoms with Crippen molar-refractivity contribution in [3.05, 3.63) is 94.1 Å². The predicted octanol–water partition coefficient (Wildman–Crippen LogP) is 6.07. The van der Waals surface area contributed by atoms with E-state index in [4.69, 9.17) is 9.47 Å². The summed E-state index contributed by atoms with van der Waals surface area (Å²) >= 11 is 0. The van der Waals surface area contributed by atoms with Gasteiger partial charge in [-0.2, -0.15) is 0 Å². The van der Waals surface area contributed by atoms with Gasteiger partial charge in [0.25, 0.3) is 11.7 Å². The Labute approximate surface area is 211 Å². The molecule has 4 rings (SSSR count). The molecule has 6 heteroatoms. The number of amides is 1. The van der Waals surface area contributed by atoms with Crippen LogP contribution < -0.4 is 14.4 Å². The third-order valence-electron chi connectivity index (χ3n) is 6.46. The number of carbonyl (C=O) groups is 2. The number of nitrogens with zero attached hydrogens (tertiary/aromatic N) is 1. The van der Waals surface area contributed by atoms with E-state index in [9.17, 15) is 14.7 Å². The highest BCUT2D eigenvalue weighted by Crippen LogP contribution is 2.43. The van der Waals surface area contributed by atoms with Crippen LogP contribution in [0.4, 0.5) is 5.69 Å². The van der Waals surface area contributed by atoms with Gasteiger partial charge in [0.15, 0.2) is 0 Å². The number of aliphatic hydroxyl groups excluding tert-OH is 1. The van der Waals surface area contributed by atoms with Crippen molar-refractivity contribution < 1.29 is 24.2 Å². The highest BCUT2D eigenvalue weighted by Gasteiger charge is 2.47. The van der Waals surface area contributed by atoms with Gasteiger partial charge in [0.05, 0.1) is 25.8 Å². The zero-order valence-corrected chi connectivity index (χ0v) is 21.5. The van der Waals surface area contributed by atoms with Crippen molar-refractivity contribution >= 4 is 23.1 Å². The van der Waals surface area contributed by atoms with E-state index in [2.05, 4.69) is 0 Å². The lowest BCUT2D eigenvalue weighted by Gasteiger charge is -2.26. The number of ketones is 1. The number of Topliss-reactive ketones (excluding diaryl/α,β-unsaturated/α-hetero) is 1. The summed E-state index contributed by atoms with van der Waals surface area (Å²) < 4.78 is 10.9. The Kier molecular flexibility index (Phi) is 6.88. The second kappa shape index (κ2) is 9.90. The van der Waals surface area contributed by atoms with E-state index in [1.165, 1.54) is 4.90 Å². The van der Waals surface area contributed by atoms with Crippen molar-refractivity contribution in [1.29, 1.82) is 0 Å². The fourth-order valence-corrected chi connectivity index (χ4v) is 4.80. The number of methoxy groups -OCH3 is 2. The molecule has 6 nitrogen and oxygen atoms in total. The molecule has 1 N–H and O–H groups in total. The maximum atomic E-state index is 13.5. The average Bonchev–Trinajstić information content (AvgIpc) is 3.12. The summed E-state index contributed by atoms with van der Waals surface area (Å²) in [6.45, 7) is 7.94. The summed E-state index contributed by atoms with van der Waals surface area (Å²) in [7, 11) is 3.16. The van der Waals surface area contributed by atoms with E-state index in [0.29, 0.717) is 28.3 Å². The van der Waals surface area contributed by atoms with E-state index < -0.39 is 17.7 Å². The van der Waals surface area contributed by atoms with Crippen molar-refractivity contribution in [2.24, 2.45) is 0 Å². The molecule has 0 radical (unpaired) electrons. The molecule has 1 aliphatic heterocycles. The molecule has 0 saturated carbocycles. The van der Waals surface area contributed by atoms with Gasteiger partial charge in [-0.15, -0.1) is 0 Å². The van der Waals surface area contributed by atoms with Gasteiger partial charge in [-0.3, -0.25) is 14.5 Å². The number of benzene rings is 3. The van der Waals surface area contributed by atoms with E-state index in [1.54, 1.807) is 44.6 Å². The van der Waals surface area contributed by atoms with Crippen LogP contribution in [0.25, 0.3) is 5.76 Å². The molecule has 1 atom stereocenters. The van der Waals surface area contributed by atoms with Crippen molar-refractivity contribution in [3.63, 3.8) is 0 Å². The van der Waals surface area contributed by atoms with Crippen LogP contribution in [-0.2, 0) is 9.59 Å². The fourth-order valence-electron chi connectivity index (χ4n) is 4.80. The van der Waals surface area contributed by atoms with Crippen LogP contribution in [0.5, 0.6) is 11.5 Å². The predicted molar refractivity (Wildman–Crippen MR) is 141 cm³/mol. The summed E-state index contributed by atoms with van der Waals surface area (Å²) in [5.41, 5.74) is 4.56. The van der Waals surface area contributed by atoms with Crippen LogP contribution in [0.2, 0.25) is 0 Å². The summed E-state index contributed by atoms with van der Waals surface area (Å²) in [5.74, 6) is -0.239. The second-order valence-electron chi connectivity index (χ2n) is 9.40. The fraction of sp³-hybridized carbons (Fsp3) is 0.267. The zero-order chi connectivity index (χ0) is 26.1. The highest BCUT2D eigenvalue weighted by atomic mass is 16.5. The summed E-state index contributed by atoms with van der Waals surface area (Å²) in [6.07, 6.45) is 0. The molecule has 1 fully saturated rings. The lowest BCUT2D eigenvalue weighted by molar-refractivity contribution is -0.132. The van der Waals surface area contributed by atoms with Gasteiger partial charge in [-0.1, -0.05) is 32.0 Å². The number of carbonyl (C=O) groups excluding carboxylic acids is 2. The minimum Gasteiger partial charge on any atom is -0.507 e. The molecule has 1 aliphatic rings. The van der Waals surface area contributed by atoms with E-state index in [0.717, 1.165) is 16.7 Å². The van der Waals surface area contributed by atoms with Crippen LogP contribution in [0.1, 0.15) is 53.6 Å². The normalized spacial score (nSPS) is 17.1. The van der Waals surface area contributed by atoms with Crippen LogP contribution in [0, 0.1) is 13.8 Å². The third kappa shape index (κ3) is 4.47. The van der Waals surface area contributed by atoms with E-state index in [1.807, 2.05) is 58.0 Å². The molecule has 3 aromatic rings. The van der Waals surface area contributed by atoms with Gasteiger partial charge >= 0.3 is 0 Å². The topological polar surface area (TPSA) is 76.1 Å². The Hall–Kier alpha value is -4.06. The molecule has 0 aliphatic carbocycles. The SMILES string of the molecule is COc1cccc(C2/C(=C(/O)c3ccc(OC)c(C(C)C)c3)C(=O)C(=O)N2c2cc(C)cc(C)c2)c1. The Morgan fingerprint density at radius 2 is 1.61 bits per heavy atom. The van der Waals surface area contributed by atoms with E-state index in [-0.39, 0.29) is 17.3 Å². The third-order valence-corrected chi connectivity index (χ3v) is 6.46. The second-order valence-corrected chi connectivity index (χ2v) is 9.40. The number of anilines is 1. The summed E-state index contributed by atoms with van der Waals surface area (Å²) in [5, 5.41) is 11.5. The van der Waals surface area contributed by atoms with Gasteiger partial charge in [0.1, 0.15) is 17.3 Å². The number of hydrogen-bond acceptors (Lipinski definition) is 5. The molecule has 1 unspecified atom stereocenters. The molecular weight excluding hydrogens is 454 g/mol. The van der Waals surface area contributed by atoms with Crippen LogP contribution in [0.15, 0.2) is 66.2 Å². The van der Waals surface area contributed by atoms with Crippen LogP contribution in [-0.4, -0.2) is 31.0 Å². The number of ether oxygens (including phenoxy) is 2. The Morgan fingerprint density at radius 1 is 0.917 bits per heavy atom. The molecule has 1 saturated heterocycles. The van der Waals surface area contributed by atoms with Crippen molar-refractivity contribution in [2.45, 2.75) is 39.7 Å². The summed E-state index contributed by atoms with van der Waals surface area (Å²) in [4.78, 5) is 28.4. The number of rotatable bonds is 6. The first-order valence-corrected chi connectivity index (χ1v) is 11.9. The molecule has 0 spiro atoms. The quantitative estimate of drug-likeness (QED) is 0.261. The Balaban J connectivity index is 1.98. The molecular formula is C30H31NO5. The number of aryl methyl sites for hydroxylation is 2. The Bertz CT molecular complexity index is 1350. The molecule has 186 valence electrons. The minimum absolute atomic E-state index is 0.0345. The van der Waals surface area contributed by atoms with Crippen LogP contribution >= 0.6 is 0 Å². The Morgan fingerprint density at radius 3 is 2.22 bits per heavy atom. The molecule has 0 bridgehead atoms. The van der Waals surface area contributed by atoms with Gasteiger partial charge in [0.2, 0.25) is 0 Å². The van der Waals surface area contributed by atoms with Gasteiger partial charge in [-0.05, 0) is 84.5 Å². The molecule has 36 heavy (non-hydrogen) atoms. The monoisotopic (exact) mass is 485 g/mol. The van der Waals surface area contributed by atoms with Crippen molar-refractivity contribution in [3.8, 4) is 11.5 Å². The number of aliphatic hydroxyl groups is 1. The average molecular weight is 486 g/mol. The number of hydrogen-bond donors (Lipinski definition) is 1. The van der Waals surface area contributed by atoms with Crippen molar-refractivity contribution in [2.75, 3.05) is 19.1 Å². The zero-order valence-electron chi connectivity index (χ0n) is 21.5. The minimum atomic E-state index is -0.828. The van der Waals surface area contributed by atoms with E-state index >= 15 is 0 Å². The maximum absolute atomic E-state index is 13.5. The van der Waals surface area contributed by atoms with Gasteiger partial charge in [-0.25, -0.2) is 0 Å². The first kappa shape index (κ1) is 25.0.